The van der Waals surface area contributed by atoms with E-state index in [2.05, 4.69) is 10.6 Å². The molecule has 0 heterocycles. The van der Waals surface area contributed by atoms with Crippen LogP contribution in [0.15, 0.2) is 36.4 Å². The number of carbonyl (C=O) groups excluding carboxylic acids is 2. The highest BCUT2D eigenvalue weighted by Crippen LogP contribution is 2.41. The number of sulfone groups is 1. The summed E-state index contributed by atoms with van der Waals surface area (Å²) >= 11 is 12.0. The third-order valence-electron chi connectivity index (χ3n) is 4.62. The molecule has 1 unspecified atom stereocenters. The predicted molar refractivity (Wildman–Crippen MR) is 122 cm³/mol. The molecule has 0 fully saturated rings. The van der Waals surface area contributed by atoms with E-state index in [-0.39, 0.29) is 27.6 Å². The smallest absolute Gasteiger partial charge is 0.348 e. The fraction of sp³-hybridized carbons (Fsp3) is 0.333. The van der Waals surface area contributed by atoms with E-state index in [0.717, 1.165) is 18.4 Å². The third-order valence-corrected chi connectivity index (χ3v) is 6.35. The molecule has 2 amide bonds. The van der Waals surface area contributed by atoms with Crippen LogP contribution in [0.25, 0.3) is 0 Å². The van der Waals surface area contributed by atoms with Gasteiger partial charge in [0, 0.05) is 12.3 Å². The molecule has 0 spiro atoms. The minimum absolute atomic E-state index is 0.131. The lowest BCUT2D eigenvalue weighted by Crippen LogP contribution is -2.38. The van der Waals surface area contributed by atoms with Crippen LogP contribution in [0.2, 0.25) is 10.0 Å². The number of amides is 2. The molecule has 0 aliphatic carbocycles. The normalized spacial score (nSPS) is 13.9. The lowest BCUT2D eigenvalue weighted by atomic mass is 9.98. The summed E-state index contributed by atoms with van der Waals surface area (Å²) in [5.74, 6) is -5.21. The SMILES string of the molecule is C[C@@H](CS(C)(=O)=O)NC(=O)c1c(Cl)cccc1C(=O)Nc1ccc(C(C(F)F)C(F)(F)F)cc1Cl. The Labute approximate surface area is 207 Å². The highest BCUT2D eigenvalue weighted by molar-refractivity contribution is 7.90. The Morgan fingerprint density at radius 2 is 1.66 bits per heavy atom. The minimum Gasteiger partial charge on any atom is -0.348 e. The van der Waals surface area contributed by atoms with Gasteiger partial charge in [-0.3, -0.25) is 9.59 Å². The highest BCUT2D eigenvalue weighted by Gasteiger charge is 2.47. The van der Waals surface area contributed by atoms with Crippen molar-refractivity contribution in [2.75, 3.05) is 17.3 Å². The molecule has 0 radical (unpaired) electrons. The van der Waals surface area contributed by atoms with Crippen LogP contribution in [0, 0.1) is 0 Å². The number of alkyl halides is 5. The molecule has 192 valence electrons. The maximum atomic E-state index is 13.0. The fourth-order valence-electron chi connectivity index (χ4n) is 3.23. The minimum atomic E-state index is -5.22. The predicted octanol–water partition coefficient (Wildman–Crippen LogP) is 5.32. The van der Waals surface area contributed by atoms with Gasteiger partial charge in [0.1, 0.15) is 15.8 Å². The number of benzene rings is 2. The molecule has 0 saturated carbocycles. The Morgan fingerprint density at radius 3 is 2.17 bits per heavy atom. The molecule has 0 bridgehead atoms. The average Bonchev–Trinajstić information content (AvgIpc) is 2.66. The van der Waals surface area contributed by atoms with Crippen molar-refractivity contribution in [3.05, 3.63) is 63.1 Å². The van der Waals surface area contributed by atoms with Gasteiger partial charge in [-0.2, -0.15) is 13.2 Å². The summed E-state index contributed by atoms with van der Waals surface area (Å²) in [5, 5.41) is 4.15. The summed E-state index contributed by atoms with van der Waals surface area (Å²) in [6.45, 7) is 1.43. The number of halogens is 7. The monoisotopic (exact) mass is 560 g/mol. The van der Waals surface area contributed by atoms with E-state index < -0.39 is 56.8 Å². The van der Waals surface area contributed by atoms with Gasteiger partial charge in [0.25, 0.3) is 18.2 Å². The van der Waals surface area contributed by atoms with Crippen LogP contribution < -0.4 is 10.6 Å². The second-order valence-corrected chi connectivity index (χ2v) is 10.7. The molecule has 0 aliphatic rings. The van der Waals surface area contributed by atoms with Crippen molar-refractivity contribution in [3.8, 4) is 0 Å². The van der Waals surface area contributed by atoms with E-state index in [9.17, 15) is 40.0 Å². The molecular formula is C21H19Cl2F5N2O4S. The maximum Gasteiger partial charge on any atom is 0.401 e. The number of rotatable bonds is 8. The molecule has 14 heteroatoms. The van der Waals surface area contributed by atoms with Gasteiger partial charge in [0.05, 0.1) is 32.6 Å². The number of nitrogens with one attached hydrogen (secondary N) is 2. The molecule has 0 aliphatic heterocycles. The first-order valence-electron chi connectivity index (χ1n) is 9.74. The van der Waals surface area contributed by atoms with Crippen LogP contribution >= 0.6 is 23.2 Å². The molecule has 35 heavy (non-hydrogen) atoms. The summed E-state index contributed by atoms with van der Waals surface area (Å²) in [7, 11) is -3.42. The van der Waals surface area contributed by atoms with Crippen molar-refractivity contribution in [3.63, 3.8) is 0 Å². The zero-order valence-corrected chi connectivity index (χ0v) is 20.4. The van der Waals surface area contributed by atoms with Crippen LogP contribution in [0.3, 0.4) is 0 Å². The van der Waals surface area contributed by atoms with Crippen LogP contribution in [0.1, 0.15) is 39.1 Å². The zero-order chi connectivity index (χ0) is 26.7. The summed E-state index contributed by atoms with van der Waals surface area (Å²) in [5.41, 5.74) is -1.53. The van der Waals surface area contributed by atoms with Crippen molar-refractivity contribution in [1.29, 1.82) is 0 Å². The first-order chi connectivity index (χ1) is 16.0. The Hall–Kier alpha value is -2.44. The standard InChI is InChI=1S/C21H19Cl2F5N2O4S/c1-10(9-35(2,33)34)29-20(32)16-12(4-3-5-13(16)22)19(31)30-15-7-6-11(8-14(15)23)17(18(24)25)21(26,27)28/h3-8,10,17-18H,9H2,1-2H3,(H,29,32)(H,30,31)/t10-,17?/m0/s1. The maximum absolute atomic E-state index is 13.0. The lowest BCUT2D eigenvalue weighted by Gasteiger charge is -2.20. The van der Waals surface area contributed by atoms with Gasteiger partial charge in [-0.05, 0) is 36.8 Å². The van der Waals surface area contributed by atoms with Gasteiger partial charge in [-0.15, -0.1) is 0 Å². The van der Waals surface area contributed by atoms with Gasteiger partial charge < -0.3 is 10.6 Å². The number of hydrogen-bond acceptors (Lipinski definition) is 4. The van der Waals surface area contributed by atoms with Crippen molar-refractivity contribution in [2.24, 2.45) is 0 Å². The zero-order valence-electron chi connectivity index (χ0n) is 18.1. The summed E-state index contributed by atoms with van der Waals surface area (Å²) in [6.07, 6.45) is -7.97. The Morgan fingerprint density at radius 1 is 1.03 bits per heavy atom. The quantitative estimate of drug-likeness (QED) is 0.427. The fourth-order valence-corrected chi connectivity index (χ4v) is 4.72. The van der Waals surface area contributed by atoms with E-state index in [0.29, 0.717) is 6.07 Å². The lowest BCUT2D eigenvalue weighted by molar-refractivity contribution is -0.178. The van der Waals surface area contributed by atoms with E-state index in [1.54, 1.807) is 0 Å². The molecular weight excluding hydrogens is 542 g/mol. The Kier molecular flexibility index (Phi) is 9.12. The van der Waals surface area contributed by atoms with Crippen molar-refractivity contribution in [2.45, 2.75) is 31.5 Å². The number of anilines is 1. The molecule has 2 aromatic rings. The average molecular weight is 561 g/mol. The van der Waals surface area contributed by atoms with E-state index in [4.69, 9.17) is 23.2 Å². The van der Waals surface area contributed by atoms with Crippen LogP contribution in [0.4, 0.5) is 27.6 Å². The number of carbonyl (C=O) groups is 2. The molecule has 0 aromatic heterocycles. The molecule has 6 nitrogen and oxygen atoms in total. The largest absolute Gasteiger partial charge is 0.401 e. The van der Waals surface area contributed by atoms with Gasteiger partial charge in [0.2, 0.25) is 0 Å². The van der Waals surface area contributed by atoms with Crippen molar-refractivity contribution >= 4 is 50.5 Å². The van der Waals surface area contributed by atoms with Crippen LogP contribution in [-0.2, 0) is 9.84 Å². The molecule has 2 aromatic carbocycles. The summed E-state index contributed by atoms with van der Waals surface area (Å²) in [6, 6.07) is 5.44. The van der Waals surface area contributed by atoms with Gasteiger partial charge in [-0.25, -0.2) is 17.2 Å². The Balaban J connectivity index is 2.33. The van der Waals surface area contributed by atoms with Crippen molar-refractivity contribution < 1.29 is 40.0 Å². The molecule has 2 atom stereocenters. The van der Waals surface area contributed by atoms with E-state index in [1.807, 2.05) is 0 Å². The molecule has 2 rings (SSSR count). The second-order valence-electron chi connectivity index (χ2n) is 7.68. The Bertz CT molecular complexity index is 1220. The first-order valence-corrected chi connectivity index (χ1v) is 12.6. The topological polar surface area (TPSA) is 92.3 Å². The van der Waals surface area contributed by atoms with Crippen LogP contribution in [0.5, 0.6) is 0 Å². The van der Waals surface area contributed by atoms with E-state index >= 15 is 0 Å². The summed E-state index contributed by atoms with van der Waals surface area (Å²) in [4.78, 5) is 25.6. The second kappa shape index (κ2) is 11.1. The third kappa shape index (κ3) is 7.77. The molecule has 2 N–H and O–H groups in total. The summed E-state index contributed by atoms with van der Waals surface area (Å²) < 4.78 is 87.8. The van der Waals surface area contributed by atoms with Gasteiger partial charge in [0.15, 0.2) is 0 Å². The van der Waals surface area contributed by atoms with E-state index in [1.165, 1.54) is 25.1 Å². The molecule has 0 saturated heterocycles. The van der Waals surface area contributed by atoms with Gasteiger partial charge in [-0.1, -0.05) is 35.3 Å². The van der Waals surface area contributed by atoms with Gasteiger partial charge >= 0.3 is 6.18 Å². The first kappa shape index (κ1) is 28.8. The highest BCUT2D eigenvalue weighted by atomic mass is 35.5. The number of hydrogen-bond donors (Lipinski definition) is 2. The van der Waals surface area contributed by atoms with Crippen molar-refractivity contribution in [1.82, 2.24) is 5.32 Å². The van der Waals surface area contributed by atoms with Crippen LogP contribution in [-0.4, -0.2) is 50.9 Å².